The Morgan fingerprint density at radius 1 is 1.38 bits per heavy atom. The third kappa shape index (κ3) is 3.54. The molecule has 0 saturated heterocycles. The Hall–Kier alpha value is -0.450. The Labute approximate surface area is 102 Å². The van der Waals surface area contributed by atoms with Crippen molar-refractivity contribution in [2.45, 2.75) is 46.3 Å². The fraction of sp³-hybridized carbons (Fsp3) is 0.750. The lowest BCUT2D eigenvalue weighted by Crippen LogP contribution is -2.18. The van der Waals surface area contributed by atoms with Gasteiger partial charge in [-0.25, -0.2) is 4.98 Å². The third-order valence-electron chi connectivity index (χ3n) is 2.26. The molecule has 0 aromatic carbocycles. The molecule has 1 rings (SSSR count). The fourth-order valence-corrected chi connectivity index (χ4v) is 2.75. The van der Waals surface area contributed by atoms with E-state index in [0.717, 1.165) is 18.1 Å². The van der Waals surface area contributed by atoms with E-state index < -0.39 is 0 Å². The highest BCUT2D eigenvalue weighted by molar-refractivity contribution is 7.11. The molecule has 1 aromatic rings. The van der Waals surface area contributed by atoms with E-state index in [-0.39, 0.29) is 5.41 Å². The van der Waals surface area contributed by atoms with Gasteiger partial charge in [0.2, 0.25) is 0 Å². The molecule has 0 bridgehead atoms. The summed E-state index contributed by atoms with van der Waals surface area (Å²) in [6.07, 6.45) is 0. The number of nitrogens with one attached hydrogen (secondary N) is 1. The molecule has 0 saturated carbocycles. The summed E-state index contributed by atoms with van der Waals surface area (Å²) in [5.74, 6) is 0. The van der Waals surface area contributed by atoms with Gasteiger partial charge in [-0.1, -0.05) is 27.7 Å². The van der Waals surface area contributed by atoms with Gasteiger partial charge >= 0.3 is 0 Å². The maximum Gasteiger partial charge on any atom is 0.119 e. The van der Waals surface area contributed by atoms with Crippen LogP contribution in [0.3, 0.4) is 0 Å². The minimum Gasteiger partial charge on any atom is -0.378 e. The number of nitrogens with zero attached hydrogens (tertiary/aromatic N) is 1. The molecule has 1 N–H and O–H groups in total. The van der Waals surface area contributed by atoms with E-state index in [2.05, 4.69) is 38.0 Å². The quantitative estimate of drug-likeness (QED) is 0.862. The van der Waals surface area contributed by atoms with Crippen LogP contribution in [-0.2, 0) is 23.3 Å². The molecule has 1 aromatic heterocycles. The van der Waals surface area contributed by atoms with Crippen molar-refractivity contribution in [2.75, 3.05) is 13.7 Å². The topological polar surface area (TPSA) is 34.1 Å². The van der Waals surface area contributed by atoms with Crippen LogP contribution >= 0.6 is 11.3 Å². The molecular formula is C12H22N2OS. The van der Waals surface area contributed by atoms with Crippen LogP contribution < -0.4 is 5.32 Å². The van der Waals surface area contributed by atoms with Crippen LogP contribution in [0.5, 0.6) is 0 Å². The molecule has 92 valence electrons. The first kappa shape index (κ1) is 13.6. The molecule has 0 atom stereocenters. The molecule has 3 nitrogen and oxygen atoms in total. The van der Waals surface area contributed by atoms with E-state index >= 15 is 0 Å². The Morgan fingerprint density at radius 2 is 2.06 bits per heavy atom. The molecular weight excluding hydrogens is 220 g/mol. The zero-order valence-electron chi connectivity index (χ0n) is 10.9. The monoisotopic (exact) mass is 242 g/mol. The van der Waals surface area contributed by atoms with Crippen molar-refractivity contribution in [3.05, 3.63) is 15.6 Å². The van der Waals surface area contributed by atoms with Crippen molar-refractivity contribution in [1.82, 2.24) is 10.3 Å². The van der Waals surface area contributed by atoms with E-state index in [1.807, 2.05) is 0 Å². The molecule has 4 heteroatoms. The standard InChI is InChI=1S/C12H22N2OS/c1-6-13-7-9-11(12(2,3)4)14-10(16-9)8-15-5/h13H,6-8H2,1-5H3. The molecule has 0 fully saturated rings. The zero-order chi connectivity index (χ0) is 12.2. The molecule has 0 unspecified atom stereocenters. The number of ether oxygens (including phenoxy) is 1. The second-order valence-electron chi connectivity index (χ2n) is 4.84. The van der Waals surface area contributed by atoms with E-state index in [1.54, 1.807) is 18.4 Å². The summed E-state index contributed by atoms with van der Waals surface area (Å²) in [5, 5.41) is 4.43. The number of thiazole rings is 1. The molecule has 0 spiro atoms. The zero-order valence-corrected chi connectivity index (χ0v) is 11.7. The summed E-state index contributed by atoms with van der Waals surface area (Å²) in [4.78, 5) is 6.01. The predicted molar refractivity (Wildman–Crippen MR) is 68.9 cm³/mol. The number of hydrogen-bond donors (Lipinski definition) is 1. The minimum atomic E-state index is 0.104. The van der Waals surface area contributed by atoms with Gasteiger partial charge in [0, 0.05) is 23.9 Å². The van der Waals surface area contributed by atoms with Gasteiger partial charge in [0.05, 0.1) is 12.3 Å². The van der Waals surface area contributed by atoms with Gasteiger partial charge in [-0.15, -0.1) is 11.3 Å². The average Bonchev–Trinajstić information content (AvgIpc) is 2.58. The Morgan fingerprint density at radius 3 is 2.56 bits per heavy atom. The van der Waals surface area contributed by atoms with E-state index in [1.165, 1.54) is 10.6 Å². The van der Waals surface area contributed by atoms with Gasteiger partial charge in [-0.2, -0.15) is 0 Å². The molecule has 16 heavy (non-hydrogen) atoms. The highest BCUT2D eigenvalue weighted by Gasteiger charge is 2.22. The van der Waals surface area contributed by atoms with E-state index in [0.29, 0.717) is 6.61 Å². The SMILES string of the molecule is CCNCc1sc(COC)nc1C(C)(C)C. The lowest BCUT2D eigenvalue weighted by Gasteiger charge is -2.17. The van der Waals surface area contributed by atoms with Crippen LogP contribution in [0.4, 0.5) is 0 Å². The smallest absolute Gasteiger partial charge is 0.119 e. The Kier molecular flexibility index (Phi) is 4.89. The largest absolute Gasteiger partial charge is 0.378 e. The maximum atomic E-state index is 5.14. The van der Waals surface area contributed by atoms with Gasteiger partial charge in [-0.05, 0) is 6.54 Å². The molecule has 0 aliphatic heterocycles. The molecule has 1 heterocycles. The maximum absolute atomic E-state index is 5.14. The first-order chi connectivity index (χ1) is 7.49. The summed E-state index contributed by atoms with van der Waals surface area (Å²) >= 11 is 1.75. The van der Waals surface area contributed by atoms with Crippen molar-refractivity contribution >= 4 is 11.3 Å². The van der Waals surface area contributed by atoms with Gasteiger partial charge in [0.25, 0.3) is 0 Å². The van der Waals surface area contributed by atoms with Crippen LogP contribution in [0.25, 0.3) is 0 Å². The second-order valence-corrected chi connectivity index (χ2v) is 6.01. The number of hydrogen-bond acceptors (Lipinski definition) is 4. The first-order valence-electron chi connectivity index (χ1n) is 5.67. The van der Waals surface area contributed by atoms with Gasteiger partial charge < -0.3 is 10.1 Å². The van der Waals surface area contributed by atoms with Crippen molar-refractivity contribution < 1.29 is 4.74 Å². The van der Waals surface area contributed by atoms with Crippen molar-refractivity contribution in [3.63, 3.8) is 0 Å². The number of rotatable bonds is 5. The van der Waals surface area contributed by atoms with Crippen molar-refractivity contribution in [1.29, 1.82) is 0 Å². The normalized spacial score (nSPS) is 12.1. The van der Waals surface area contributed by atoms with Crippen LogP contribution in [0.1, 0.15) is 43.3 Å². The summed E-state index contributed by atoms with van der Waals surface area (Å²) in [6, 6.07) is 0. The van der Waals surface area contributed by atoms with E-state index in [4.69, 9.17) is 4.74 Å². The van der Waals surface area contributed by atoms with Gasteiger partial charge in [0.1, 0.15) is 5.01 Å². The fourth-order valence-electron chi connectivity index (χ4n) is 1.53. The lowest BCUT2D eigenvalue weighted by molar-refractivity contribution is 0.184. The van der Waals surface area contributed by atoms with Crippen molar-refractivity contribution in [3.8, 4) is 0 Å². The Bertz CT molecular complexity index is 328. The van der Waals surface area contributed by atoms with Gasteiger partial charge in [-0.3, -0.25) is 0 Å². The second kappa shape index (κ2) is 5.75. The van der Waals surface area contributed by atoms with Crippen LogP contribution in [0.15, 0.2) is 0 Å². The summed E-state index contributed by atoms with van der Waals surface area (Å²) < 4.78 is 5.14. The molecule has 0 radical (unpaired) electrons. The molecule has 0 aliphatic carbocycles. The van der Waals surface area contributed by atoms with E-state index in [9.17, 15) is 0 Å². The Balaban J connectivity index is 2.93. The molecule has 0 amide bonds. The summed E-state index contributed by atoms with van der Waals surface area (Å²) in [5.41, 5.74) is 1.30. The van der Waals surface area contributed by atoms with Crippen LogP contribution in [0.2, 0.25) is 0 Å². The highest BCUT2D eigenvalue weighted by Crippen LogP contribution is 2.29. The average molecular weight is 242 g/mol. The van der Waals surface area contributed by atoms with Crippen LogP contribution in [0, 0.1) is 0 Å². The third-order valence-corrected chi connectivity index (χ3v) is 3.28. The van der Waals surface area contributed by atoms with Crippen molar-refractivity contribution in [2.24, 2.45) is 0 Å². The first-order valence-corrected chi connectivity index (χ1v) is 6.49. The summed E-state index contributed by atoms with van der Waals surface area (Å²) in [6.45, 7) is 11.2. The summed E-state index contributed by atoms with van der Waals surface area (Å²) in [7, 11) is 1.71. The molecule has 0 aliphatic rings. The number of methoxy groups -OCH3 is 1. The lowest BCUT2D eigenvalue weighted by atomic mass is 9.91. The number of aromatic nitrogens is 1. The minimum absolute atomic E-state index is 0.104. The highest BCUT2D eigenvalue weighted by atomic mass is 32.1. The van der Waals surface area contributed by atoms with Gasteiger partial charge in [0.15, 0.2) is 0 Å². The van der Waals surface area contributed by atoms with Crippen LogP contribution in [-0.4, -0.2) is 18.6 Å². The predicted octanol–water partition coefficient (Wildman–Crippen LogP) is 2.70.